The highest BCUT2D eigenvalue weighted by Crippen LogP contribution is 2.17. The Kier molecular flexibility index (Phi) is 1.43. The van der Waals surface area contributed by atoms with Crippen molar-refractivity contribution >= 4 is 17.5 Å². The highest BCUT2D eigenvalue weighted by Gasteiger charge is 2.26. The van der Waals surface area contributed by atoms with Crippen molar-refractivity contribution in [2.45, 2.75) is 11.8 Å². The topological polar surface area (TPSA) is 20.3 Å². The van der Waals surface area contributed by atoms with Crippen LogP contribution in [0.15, 0.2) is 0 Å². The van der Waals surface area contributed by atoms with Crippen molar-refractivity contribution in [3.05, 3.63) is 6.54 Å². The molecule has 1 amide bonds. The molecule has 1 fully saturated rings. The Bertz CT molecular complexity index is 103. The molecule has 8 heavy (non-hydrogen) atoms. The molecule has 2 nitrogen and oxygen atoms in total. The summed E-state index contributed by atoms with van der Waals surface area (Å²) in [7, 11) is 1.71. The number of alkyl halides is 1. The van der Waals surface area contributed by atoms with Gasteiger partial charge in [0.25, 0.3) is 0 Å². The summed E-state index contributed by atoms with van der Waals surface area (Å²) in [5.41, 5.74) is 0. The zero-order valence-electron chi connectivity index (χ0n) is 4.60. The molecule has 0 aromatic rings. The van der Waals surface area contributed by atoms with Gasteiger partial charge in [-0.05, 0) is 6.42 Å². The van der Waals surface area contributed by atoms with Gasteiger partial charge in [-0.15, -0.1) is 11.6 Å². The van der Waals surface area contributed by atoms with Crippen LogP contribution in [-0.4, -0.2) is 23.2 Å². The van der Waals surface area contributed by atoms with Gasteiger partial charge in [-0.2, -0.15) is 0 Å². The van der Waals surface area contributed by atoms with Crippen molar-refractivity contribution in [2.75, 3.05) is 7.05 Å². The van der Waals surface area contributed by atoms with Gasteiger partial charge in [-0.1, -0.05) is 0 Å². The molecule has 1 unspecified atom stereocenters. The first-order valence-corrected chi connectivity index (χ1v) is 2.89. The summed E-state index contributed by atoms with van der Waals surface area (Å²) in [5.74, 6) is 0.00617. The lowest BCUT2D eigenvalue weighted by molar-refractivity contribution is -0.125. The molecule has 45 valence electrons. The molecule has 0 aliphatic carbocycles. The van der Waals surface area contributed by atoms with Gasteiger partial charge in [0.05, 0.1) is 6.54 Å². The van der Waals surface area contributed by atoms with E-state index in [4.69, 9.17) is 11.6 Å². The lowest BCUT2D eigenvalue weighted by Gasteiger charge is -2.03. The van der Waals surface area contributed by atoms with E-state index in [2.05, 4.69) is 0 Å². The highest BCUT2D eigenvalue weighted by atomic mass is 35.5. The van der Waals surface area contributed by atoms with Gasteiger partial charge in [0.15, 0.2) is 0 Å². The second-order valence-corrected chi connectivity index (χ2v) is 2.36. The Hall–Kier alpha value is -0.240. The number of carbonyl (C=O) groups excluding carboxylic acids is 1. The van der Waals surface area contributed by atoms with Crippen molar-refractivity contribution in [3.63, 3.8) is 0 Å². The Balaban J connectivity index is 2.57. The molecule has 1 rings (SSSR count). The minimum absolute atomic E-state index is 0.00617. The van der Waals surface area contributed by atoms with Gasteiger partial charge in [0.1, 0.15) is 5.38 Å². The second kappa shape index (κ2) is 1.94. The van der Waals surface area contributed by atoms with Crippen LogP contribution in [0.25, 0.3) is 0 Å². The Morgan fingerprint density at radius 3 is 2.75 bits per heavy atom. The molecule has 1 radical (unpaired) electrons. The summed E-state index contributed by atoms with van der Waals surface area (Å²) in [5, 5.41) is -0.306. The van der Waals surface area contributed by atoms with Crippen LogP contribution < -0.4 is 0 Å². The first kappa shape index (κ1) is 5.89. The SMILES string of the molecule is CN1[CH]CC(Cl)C1=O. The highest BCUT2D eigenvalue weighted by molar-refractivity contribution is 6.31. The minimum Gasteiger partial charge on any atom is -0.339 e. The van der Waals surface area contributed by atoms with Crippen LogP contribution in [-0.2, 0) is 4.79 Å². The van der Waals surface area contributed by atoms with E-state index < -0.39 is 0 Å². The number of likely N-dealkylation sites (tertiary alicyclic amines) is 1. The van der Waals surface area contributed by atoms with E-state index in [1.807, 2.05) is 0 Å². The molecule has 3 heteroatoms. The van der Waals surface area contributed by atoms with Crippen LogP contribution in [0.5, 0.6) is 0 Å². The fourth-order valence-corrected chi connectivity index (χ4v) is 0.896. The number of amides is 1. The van der Waals surface area contributed by atoms with Gasteiger partial charge in [0, 0.05) is 7.05 Å². The van der Waals surface area contributed by atoms with E-state index in [1.54, 1.807) is 13.6 Å². The molecule has 0 saturated carbocycles. The lowest BCUT2D eigenvalue weighted by atomic mass is 10.4. The van der Waals surface area contributed by atoms with Crippen molar-refractivity contribution < 1.29 is 4.79 Å². The number of carbonyl (C=O) groups is 1. The van der Waals surface area contributed by atoms with Crippen molar-refractivity contribution in [3.8, 4) is 0 Å². The smallest absolute Gasteiger partial charge is 0.240 e. The third kappa shape index (κ3) is 0.802. The third-order valence-corrected chi connectivity index (χ3v) is 1.57. The van der Waals surface area contributed by atoms with E-state index >= 15 is 0 Å². The molecule has 0 N–H and O–H groups in total. The Labute approximate surface area is 53.4 Å². The maximum absolute atomic E-state index is 10.7. The first-order valence-electron chi connectivity index (χ1n) is 2.46. The third-order valence-electron chi connectivity index (χ3n) is 1.20. The Morgan fingerprint density at radius 1 is 2.00 bits per heavy atom. The second-order valence-electron chi connectivity index (χ2n) is 1.83. The predicted molar refractivity (Wildman–Crippen MR) is 31.3 cm³/mol. The van der Waals surface area contributed by atoms with E-state index in [0.717, 1.165) is 0 Å². The summed E-state index contributed by atoms with van der Waals surface area (Å²) in [6.45, 7) is 1.79. The van der Waals surface area contributed by atoms with Crippen molar-refractivity contribution in [2.24, 2.45) is 0 Å². The molecule has 0 aromatic heterocycles. The predicted octanol–water partition coefficient (Wildman–Crippen LogP) is 0.618. The van der Waals surface area contributed by atoms with Gasteiger partial charge in [-0.25, -0.2) is 0 Å². The summed E-state index contributed by atoms with van der Waals surface area (Å²) in [6.07, 6.45) is 0.677. The fourth-order valence-electron chi connectivity index (χ4n) is 0.662. The maximum atomic E-state index is 10.7. The quantitative estimate of drug-likeness (QED) is 0.443. The number of halogens is 1. The number of rotatable bonds is 0. The molecule has 1 heterocycles. The van der Waals surface area contributed by atoms with E-state index in [9.17, 15) is 4.79 Å². The summed E-state index contributed by atoms with van der Waals surface area (Å²) in [4.78, 5) is 12.2. The molecular weight excluding hydrogens is 126 g/mol. The average molecular weight is 133 g/mol. The van der Waals surface area contributed by atoms with Gasteiger partial charge < -0.3 is 4.90 Å². The van der Waals surface area contributed by atoms with Crippen LogP contribution >= 0.6 is 11.6 Å². The zero-order valence-corrected chi connectivity index (χ0v) is 5.35. The molecule has 0 spiro atoms. The van der Waals surface area contributed by atoms with Crippen LogP contribution in [0.2, 0.25) is 0 Å². The van der Waals surface area contributed by atoms with Gasteiger partial charge >= 0.3 is 0 Å². The van der Waals surface area contributed by atoms with Crippen LogP contribution in [0.4, 0.5) is 0 Å². The fraction of sp³-hybridized carbons (Fsp3) is 0.600. The monoisotopic (exact) mass is 132 g/mol. The van der Waals surface area contributed by atoms with E-state index in [0.29, 0.717) is 6.42 Å². The number of hydrogen-bond donors (Lipinski definition) is 0. The standard InChI is InChI=1S/C5H7ClNO/c1-7-3-2-4(6)5(7)8/h3-4H,2H2,1H3. The van der Waals surface area contributed by atoms with Crippen molar-refractivity contribution in [1.82, 2.24) is 4.90 Å². The van der Waals surface area contributed by atoms with Crippen LogP contribution in [0.1, 0.15) is 6.42 Å². The largest absolute Gasteiger partial charge is 0.339 e. The molecule has 0 aromatic carbocycles. The molecular formula is C5H7ClNO. The number of nitrogens with zero attached hydrogens (tertiary/aromatic N) is 1. The van der Waals surface area contributed by atoms with E-state index in [-0.39, 0.29) is 11.3 Å². The van der Waals surface area contributed by atoms with E-state index in [1.165, 1.54) is 4.90 Å². The molecule has 1 aliphatic rings. The average Bonchev–Trinajstić information content (AvgIpc) is 1.98. The Morgan fingerprint density at radius 2 is 2.62 bits per heavy atom. The first-order chi connectivity index (χ1) is 3.72. The van der Waals surface area contributed by atoms with Crippen LogP contribution in [0.3, 0.4) is 0 Å². The van der Waals surface area contributed by atoms with Crippen LogP contribution in [0, 0.1) is 6.54 Å². The molecule has 0 bridgehead atoms. The van der Waals surface area contributed by atoms with Gasteiger partial charge in [-0.3, -0.25) is 4.79 Å². The summed E-state index contributed by atoms with van der Waals surface area (Å²) >= 11 is 5.54. The molecule has 1 aliphatic heterocycles. The van der Waals surface area contributed by atoms with Crippen molar-refractivity contribution in [1.29, 1.82) is 0 Å². The zero-order chi connectivity index (χ0) is 6.15. The lowest BCUT2D eigenvalue weighted by Crippen LogP contribution is -2.20. The number of hydrogen-bond acceptors (Lipinski definition) is 1. The molecule has 1 saturated heterocycles. The summed E-state index contributed by atoms with van der Waals surface area (Å²) in [6, 6.07) is 0. The molecule has 1 atom stereocenters. The van der Waals surface area contributed by atoms with Gasteiger partial charge in [0.2, 0.25) is 5.91 Å². The summed E-state index contributed by atoms with van der Waals surface area (Å²) < 4.78 is 0. The maximum Gasteiger partial charge on any atom is 0.240 e. The normalized spacial score (nSPS) is 29.5. The minimum atomic E-state index is -0.306.